The van der Waals surface area contributed by atoms with Crippen LogP contribution in [0.3, 0.4) is 0 Å². The van der Waals surface area contributed by atoms with Gasteiger partial charge >= 0.3 is 0 Å². The molecule has 0 aliphatic heterocycles. The Bertz CT molecular complexity index is 434. The average molecular weight is 261 g/mol. The molecule has 1 aliphatic rings. The summed E-state index contributed by atoms with van der Waals surface area (Å²) in [5.74, 6) is 1.70. The van der Waals surface area contributed by atoms with E-state index in [1.54, 1.807) is 6.92 Å². The molecule has 0 amide bonds. The maximum atomic E-state index is 8.92. The average Bonchev–Trinajstić information content (AvgIpc) is 2.48. The molecule has 0 bridgehead atoms. The SMILES string of the molecule is CCC1CCC(Oc2ccccc2C(C)=NO)CC1. The van der Waals surface area contributed by atoms with E-state index in [0.29, 0.717) is 11.8 Å². The van der Waals surface area contributed by atoms with E-state index in [9.17, 15) is 0 Å². The highest BCUT2D eigenvalue weighted by Crippen LogP contribution is 2.30. The summed E-state index contributed by atoms with van der Waals surface area (Å²) in [7, 11) is 0. The second-order valence-corrected chi connectivity index (χ2v) is 5.35. The summed E-state index contributed by atoms with van der Waals surface area (Å²) < 4.78 is 6.11. The minimum atomic E-state index is 0.301. The third-order valence-electron chi connectivity index (χ3n) is 4.09. The molecule has 0 spiro atoms. The molecule has 1 saturated carbocycles. The van der Waals surface area contributed by atoms with Crippen molar-refractivity contribution in [1.82, 2.24) is 0 Å². The van der Waals surface area contributed by atoms with Gasteiger partial charge in [0.25, 0.3) is 0 Å². The van der Waals surface area contributed by atoms with E-state index in [1.165, 1.54) is 19.3 Å². The first-order valence-electron chi connectivity index (χ1n) is 7.19. The van der Waals surface area contributed by atoms with Crippen LogP contribution in [0.2, 0.25) is 0 Å². The Morgan fingerprint density at radius 1 is 1.26 bits per heavy atom. The van der Waals surface area contributed by atoms with Crippen molar-refractivity contribution in [1.29, 1.82) is 0 Å². The molecule has 0 unspecified atom stereocenters. The molecule has 0 saturated heterocycles. The Kier molecular flexibility index (Phi) is 4.83. The van der Waals surface area contributed by atoms with Crippen LogP contribution < -0.4 is 4.74 Å². The molecule has 1 aliphatic carbocycles. The van der Waals surface area contributed by atoms with E-state index < -0.39 is 0 Å². The van der Waals surface area contributed by atoms with Gasteiger partial charge in [-0.15, -0.1) is 0 Å². The number of ether oxygens (including phenoxy) is 1. The zero-order valence-corrected chi connectivity index (χ0v) is 11.8. The van der Waals surface area contributed by atoms with Gasteiger partial charge in [0.1, 0.15) is 5.75 Å². The Balaban J connectivity index is 2.04. The lowest BCUT2D eigenvalue weighted by Crippen LogP contribution is -2.24. The summed E-state index contributed by atoms with van der Waals surface area (Å²) in [4.78, 5) is 0. The van der Waals surface area contributed by atoms with Crippen LogP contribution in [0.1, 0.15) is 51.5 Å². The van der Waals surface area contributed by atoms with Gasteiger partial charge in [-0.1, -0.05) is 30.6 Å². The summed E-state index contributed by atoms with van der Waals surface area (Å²) in [5, 5.41) is 12.2. The van der Waals surface area contributed by atoms with Gasteiger partial charge in [-0.2, -0.15) is 0 Å². The lowest BCUT2D eigenvalue weighted by atomic mass is 9.86. The van der Waals surface area contributed by atoms with E-state index >= 15 is 0 Å². The largest absolute Gasteiger partial charge is 0.490 e. The molecule has 0 aromatic heterocycles. The molecular weight excluding hydrogens is 238 g/mol. The summed E-state index contributed by atoms with van der Waals surface area (Å²) in [6.07, 6.45) is 6.35. The monoisotopic (exact) mass is 261 g/mol. The van der Waals surface area contributed by atoms with Crippen LogP contribution in [0.15, 0.2) is 29.4 Å². The fourth-order valence-electron chi connectivity index (χ4n) is 2.76. The van der Waals surface area contributed by atoms with Crippen molar-refractivity contribution in [3.8, 4) is 5.75 Å². The van der Waals surface area contributed by atoms with Gasteiger partial charge in [0.05, 0.1) is 11.8 Å². The smallest absolute Gasteiger partial charge is 0.128 e. The Hall–Kier alpha value is -1.51. The van der Waals surface area contributed by atoms with Crippen LogP contribution >= 0.6 is 0 Å². The summed E-state index contributed by atoms with van der Waals surface area (Å²) in [5.41, 5.74) is 1.47. The standard InChI is InChI=1S/C16H23NO2/c1-3-13-8-10-14(11-9-13)19-16-7-5-4-6-15(16)12(2)17-18/h4-7,13-14,18H,3,8-11H2,1-2H3. The zero-order valence-electron chi connectivity index (χ0n) is 11.8. The van der Waals surface area contributed by atoms with Gasteiger partial charge in [-0.3, -0.25) is 0 Å². The summed E-state index contributed by atoms with van der Waals surface area (Å²) in [6, 6.07) is 7.78. The molecule has 1 N–H and O–H groups in total. The quantitative estimate of drug-likeness (QED) is 0.500. The number of hydrogen-bond donors (Lipinski definition) is 1. The second kappa shape index (κ2) is 6.60. The van der Waals surface area contributed by atoms with E-state index in [4.69, 9.17) is 9.94 Å². The first kappa shape index (κ1) is 13.9. The highest BCUT2D eigenvalue weighted by Gasteiger charge is 2.22. The summed E-state index contributed by atoms with van der Waals surface area (Å²) in [6.45, 7) is 4.05. The van der Waals surface area contributed by atoms with Crippen LogP contribution in [0, 0.1) is 5.92 Å². The van der Waals surface area contributed by atoms with Crippen molar-refractivity contribution in [3.05, 3.63) is 29.8 Å². The molecule has 1 fully saturated rings. The molecule has 2 rings (SSSR count). The summed E-state index contributed by atoms with van der Waals surface area (Å²) >= 11 is 0. The van der Waals surface area contributed by atoms with Crippen LogP contribution in [-0.4, -0.2) is 17.0 Å². The predicted molar refractivity (Wildman–Crippen MR) is 77.1 cm³/mol. The minimum Gasteiger partial charge on any atom is -0.490 e. The molecule has 104 valence electrons. The molecule has 0 atom stereocenters. The third kappa shape index (κ3) is 3.49. The van der Waals surface area contributed by atoms with E-state index in [2.05, 4.69) is 12.1 Å². The van der Waals surface area contributed by atoms with E-state index in [1.807, 2.05) is 24.3 Å². The van der Waals surface area contributed by atoms with Crippen molar-refractivity contribution < 1.29 is 9.94 Å². The molecule has 1 aromatic rings. The van der Waals surface area contributed by atoms with Crippen molar-refractivity contribution in [2.24, 2.45) is 11.1 Å². The maximum absolute atomic E-state index is 8.92. The topological polar surface area (TPSA) is 41.8 Å². The number of nitrogens with zero attached hydrogens (tertiary/aromatic N) is 1. The van der Waals surface area contributed by atoms with Crippen LogP contribution in [-0.2, 0) is 0 Å². The normalized spacial score (nSPS) is 24.2. The lowest BCUT2D eigenvalue weighted by molar-refractivity contribution is 0.129. The number of benzene rings is 1. The van der Waals surface area contributed by atoms with Gasteiger partial charge in [-0.25, -0.2) is 0 Å². The second-order valence-electron chi connectivity index (χ2n) is 5.35. The van der Waals surface area contributed by atoms with Crippen LogP contribution in [0.5, 0.6) is 5.75 Å². The molecule has 3 heteroatoms. The zero-order chi connectivity index (χ0) is 13.7. The minimum absolute atomic E-state index is 0.301. The van der Waals surface area contributed by atoms with Gasteiger partial charge in [0, 0.05) is 5.56 Å². The fraction of sp³-hybridized carbons (Fsp3) is 0.562. The number of para-hydroxylation sites is 1. The fourth-order valence-corrected chi connectivity index (χ4v) is 2.76. The first-order chi connectivity index (χ1) is 9.24. The number of hydrogen-bond acceptors (Lipinski definition) is 3. The molecule has 0 radical (unpaired) electrons. The van der Waals surface area contributed by atoms with Gasteiger partial charge in [-0.05, 0) is 50.7 Å². The van der Waals surface area contributed by atoms with Crippen LogP contribution in [0.4, 0.5) is 0 Å². The first-order valence-corrected chi connectivity index (χ1v) is 7.19. The van der Waals surface area contributed by atoms with E-state index in [-0.39, 0.29) is 0 Å². The Morgan fingerprint density at radius 3 is 2.58 bits per heavy atom. The molecule has 19 heavy (non-hydrogen) atoms. The number of rotatable bonds is 4. The number of oxime groups is 1. The highest BCUT2D eigenvalue weighted by atomic mass is 16.5. The highest BCUT2D eigenvalue weighted by molar-refractivity contribution is 6.00. The third-order valence-corrected chi connectivity index (χ3v) is 4.09. The lowest BCUT2D eigenvalue weighted by Gasteiger charge is -2.28. The van der Waals surface area contributed by atoms with Crippen molar-refractivity contribution in [2.75, 3.05) is 0 Å². The van der Waals surface area contributed by atoms with Crippen molar-refractivity contribution >= 4 is 5.71 Å². The molecule has 0 heterocycles. The van der Waals surface area contributed by atoms with Gasteiger partial charge in [0.15, 0.2) is 0 Å². The van der Waals surface area contributed by atoms with Crippen molar-refractivity contribution in [3.63, 3.8) is 0 Å². The Labute approximate surface area is 115 Å². The predicted octanol–water partition coefficient (Wildman–Crippen LogP) is 4.23. The molecular formula is C16H23NO2. The Morgan fingerprint density at radius 2 is 1.95 bits per heavy atom. The molecule has 1 aromatic carbocycles. The van der Waals surface area contributed by atoms with Gasteiger partial charge in [0.2, 0.25) is 0 Å². The maximum Gasteiger partial charge on any atom is 0.128 e. The molecule has 3 nitrogen and oxygen atoms in total. The van der Waals surface area contributed by atoms with Gasteiger partial charge < -0.3 is 9.94 Å². The van der Waals surface area contributed by atoms with Crippen LogP contribution in [0.25, 0.3) is 0 Å². The van der Waals surface area contributed by atoms with E-state index in [0.717, 1.165) is 30.1 Å². The van der Waals surface area contributed by atoms with Crippen molar-refractivity contribution in [2.45, 2.75) is 52.1 Å².